The molecule has 0 atom stereocenters. The van der Waals surface area contributed by atoms with Crippen molar-refractivity contribution in [3.05, 3.63) is 58.6 Å². The van der Waals surface area contributed by atoms with Crippen molar-refractivity contribution in [3.8, 4) is 21.5 Å². The number of rotatable bonds is 2. The Labute approximate surface area is 155 Å². The molecule has 0 spiro atoms. The van der Waals surface area contributed by atoms with Crippen molar-refractivity contribution in [1.82, 2.24) is 9.97 Å². The first-order valence-corrected chi connectivity index (χ1v) is 8.96. The summed E-state index contributed by atoms with van der Waals surface area (Å²) in [5.74, 6) is 1.10. The Balaban J connectivity index is 1.56. The molecule has 3 heterocycles. The van der Waals surface area contributed by atoms with Crippen LogP contribution in [0.5, 0.6) is 0 Å². The summed E-state index contributed by atoms with van der Waals surface area (Å²) >= 11 is 13.5. The van der Waals surface area contributed by atoms with Gasteiger partial charge in [0.15, 0.2) is 11.2 Å². The summed E-state index contributed by atoms with van der Waals surface area (Å²) in [6, 6.07) is 14.6. The summed E-state index contributed by atoms with van der Waals surface area (Å²) in [5, 5.41) is 1.25. The van der Waals surface area contributed by atoms with Crippen LogP contribution in [0.15, 0.2) is 57.4 Å². The molecular formula is C18H8Cl2N2O2S. The number of nitrogens with zero attached hydrogens (tertiary/aromatic N) is 2. The second kappa shape index (κ2) is 5.59. The summed E-state index contributed by atoms with van der Waals surface area (Å²) < 4.78 is 11.6. The zero-order chi connectivity index (χ0) is 17.0. The highest BCUT2D eigenvalue weighted by Gasteiger charge is 2.15. The molecule has 0 radical (unpaired) electrons. The van der Waals surface area contributed by atoms with Crippen LogP contribution in [-0.2, 0) is 0 Å². The molecule has 0 aliphatic heterocycles. The molecule has 5 aromatic rings. The van der Waals surface area contributed by atoms with E-state index in [2.05, 4.69) is 9.97 Å². The third-order valence-corrected chi connectivity index (χ3v) is 5.26. The van der Waals surface area contributed by atoms with E-state index in [1.165, 1.54) is 11.3 Å². The Bertz CT molecular complexity index is 1140. The second-order valence-corrected chi connectivity index (χ2v) is 7.38. The topological polar surface area (TPSA) is 52.1 Å². The van der Waals surface area contributed by atoms with Gasteiger partial charge in [0.2, 0.25) is 11.8 Å². The predicted octanol–water partition coefficient (Wildman–Crippen LogP) is 6.67. The number of thiophene rings is 1. The average Bonchev–Trinajstić information content (AvgIpc) is 3.30. The molecule has 0 amide bonds. The second-order valence-electron chi connectivity index (χ2n) is 5.43. The van der Waals surface area contributed by atoms with E-state index in [9.17, 15) is 0 Å². The number of hydrogen-bond donors (Lipinski definition) is 0. The first kappa shape index (κ1) is 15.0. The van der Waals surface area contributed by atoms with Gasteiger partial charge in [0, 0.05) is 16.1 Å². The van der Waals surface area contributed by atoms with Crippen molar-refractivity contribution in [2.45, 2.75) is 0 Å². The van der Waals surface area contributed by atoms with Crippen LogP contribution in [0.2, 0.25) is 10.0 Å². The van der Waals surface area contributed by atoms with Gasteiger partial charge in [-0.15, -0.1) is 11.3 Å². The largest absolute Gasteiger partial charge is 0.435 e. The van der Waals surface area contributed by atoms with Gasteiger partial charge in [-0.3, -0.25) is 0 Å². The summed E-state index contributed by atoms with van der Waals surface area (Å²) in [7, 11) is 0. The third kappa shape index (κ3) is 2.61. The lowest BCUT2D eigenvalue weighted by atomic mass is 10.3. The molecule has 0 unspecified atom stereocenters. The Morgan fingerprint density at radius 2 is 1.32 bits per heavy atom. The van der Waals surface area contributed by atoms with E-state index >= 15 is 0 Å². The van der Waals surface area contributed by atoms with Gasteiger partial charge in [-0.05, 0) is 42.5 Å². The molecule has 0 bridgehead atoms. The molecule has 5 rings (SSSR count). The number of fused-ring (bicyclic) bond motifs is 2. The van der Waals surface area contributed by atoms with Crippen molar-refractivity contribution in [1.29, 1.82) is 0 Å². The lowest BCUT2D eigenvalue weighted by Crippen LogP contribution is -1.70. The molecule has 7 heteroatoms. The Morgan fingerprint density at radius 1 is 0.680 bits per heavy atom. The fraction of sp³-hybridized carbons (Fsp3) is 0. The van der Waals surface area contributed by atoms with E-state index in [0.29, 0.717) is 33.0 Å². The van der Waals surface area contributed by atoms with Crippen LogP contribution in [0, 0.1) is 0 Å². The highest BCUT2D eigenvalue weighted by atomic mass is 35.5. The molecule has 2 aromatic carbocycles. The fourth-order valence-electron chi connectivity index (χ4n) is 2.58. The van der Waals surface area contributed by atoms with E-state index < -0.39 is 0 Å². The van der Waals surface area contributed by atoms with Crippen LogP contribution in [-0.4, -0.2) is 9.97 Å². The zero-order valence-corrected chi connectivity index (χ0v) is 14.8. The summed E-state index contributed by atoms with van der Waals surface area (Å²) in [5.41, 5.74) is 2.86. The smallest absolute Gasteiger partial charge is 0.237 e. The molecule has 0 fully saturated rings. The first-order valence-electron chi connectivity index (χ1n) is 7.38. The van der Waals surface area contributed by atoms with Gasteiger partial charge in [0.05, 0.1) is 9.75 Å². The monoisotopic (exact) mass is 386 g/mol. The zero-order valence-electron chi connectivity index (χ0n) is 12.5. The number of hydrogen-bond acceptors (Lipinski definition) is 5. The van der Waals surface area contributed by atoms with E-state index in [1.54, 1.807) is 24.3 Å². The maximum atomic E-state index is 6.00. The maximum Gasteiger partial charge on any atom is 0.237 e. The summed E-state index contributed by atoms with van der Waals surface area (Å²) in [6.45, 7) is 0. The van der Waals surface area contributed by atoms with E-state index in [1.807, 2.05) is 24.3 Å². The van der Waals surface area contributed by atoms with Crippen LogP contribution < -0.4 is 0 Å². The van der Waals surface area contributed by atoms with Crippen molar-refractivity contribution < 1.29 is 8.83 Å². The Hall–Kier alpha value is -2.34. The standard InChI is InChI=1S/C18H8Cl2N2O2S/c19-9-2-4-13-12(7-9)22-18(23-13)16-6-5-15(25-16)17-21-11-3-1-10(20)8-14(11)24-17/h1-8H. The average molecular weight is 387 g/mol. The summed E-state index contributed by atoms with van der Waals surface area (Å²) in [6.07, 6.45) is 0. The third-order valence-electron chi connectivity index (χ3n) is 3.73. The first-order chi connectivity index (χ1) is 12.2. The van der Waals surface area contributed by atoms with Crippen LogP contribution >= 0.6 is 34.5 Å². The molecule has 0 saturated heterocycles. The van der Waals surface area contributed by atoms with Gasteiger partial charge < -0.3 is 8.83 Å². The van der Waals surface area contributed by atoms with Crippen LogP contribution in [0.3, 0.4) is 0 Å². The molecule has 4 nitrogen and oxygen atoms in total. The highest BCUT2D eigenvalue weighted by molar-refractivity contribution is 7.18. The van der Waals surface area contributed by atoms with Crippen LogP contribution in [0.4, 0.5) is 0 Å². The summed E-state index contributed by atoms with van der Waals surface area (Å²) in [4.78, 5) is 10.8. The van der Waals surface area contributed by atoms with E-state index in [-0.39, 0.29) is 0 Å². The van der Waals surface area contributed by atoms with Crippen LogP contribution in [0.25, 0.3) is 43.7 Å². The maximum absolute atomic E-state index is 6.00. The van der Waals surface area contributed by atoms with E-state index in [4.69, 9.17) is 32.0 Å². The van der Waals surface area contributed by atoms with Crippen molar-refractivity contribution in [3.63, 3.8) is 0 Å². The lowest BCUT2D eigenvalue weighted by molar-refractivity contribution is 0.621. The molecule has 0 aliphatic carbocycles. The van der Waals surface area contributed by atoms with Gasteiger partial charge in [-0.25, -0.2) is 9.97 Å². The normalized spacial score (nSPS) is 11.6. The quantitative estimate of drug-likeness (QED) is 0.339. The van der Waals surface area contributed by atoms with Gasteiger partial charge in [0.25, 0.3) is 0 Å². The number of halogens is 2. The molecule has 0 saturated carbocycles. The number of oxazole rings is 2. The van der Waals surface area contributed by atoms with Gasteiger partial charge in [-0.2, -0.15) is 0 Å². The molecule has 122 valence electrons. The fourth-order valence-corrected chi connectivity index (χ4v) is 3.76. The Kier molecular flexibility index (Phi) is 3.35. The van der Waals surface area contributed by atoms with Crippen LogP contribution in [0.1, 0.15) is 0 Å². The molecular weight excluding hydrogens is 379 g/mol. The van der Waals surface area contributed by atoms with Gasteiger partial charge in [-0.1, -0.05) is 23.2 Å². The SMILES string of the molecule is Clc1ccc2oc(-c3ccc(-c4nc5ccc(Cl)cc5o4)s3)nc2c1. The molecule has 0 aliphatic rings. The molecule has 3 aromatic heterocycles. The minimum absolute atomic E-state index is 0.549. The predicted molar refractivity (Wildman–Crippen MR) is 100 cm³/mol. The number of aromatic nitrogens is 2. The van der Waals surface area contributed by atoms with Crippen molar-refractivity contribution in [2.24, 2.45) is 0 Å². The number of benzene rings is 2. The van der Waals surface area contributed by atoms with Crippen molar-refractivity contribution >= 4 is 56.7 Å². The van der Waals surface area contributed by atoms with Gasteiger partial charge >= 0.3 is 0 Å². The lowest BCUT2D eigenvalue weighted by Gasteiger charge is -1.88. The van der Waals surface area contributed by atoms with E-state index in [0.717, 1.165) is 20.8 Å². The van der Waals surface area contributed by atoms with Gasteiger partial charge in [0.1, 0.15) is 11.0 Å². The highest BCUT2D eigenvalue weighted by Crippen LogP contribution is 2.36. The minimum atomic E-state index is 0.549. The molecule has 0 N–H and O–H groups in total. The van der Waals surface area contributed by atoms with Crippen molar-refractivity contribution in [2.75, 3.05) is 0 Å². The molecule has 25 heavy (non-hydrogen) atoms. The Morgan fingerprint density at radius 3 is 2.12 bits per heavy atom. The minimum Gasteiger partial charge on any atom is -0.435 e.